The molecule has 0 radical (unpaired) electrons. The van der Waals surface area contributed by atoms with Crippen LogP contribution >= 0.6 is 0 Å². The number of carbonyl (C=O) groups excluding carboxylic acids is 1. The van der Waals surface area contributed by atoms with Crippen molar-refractivity contribution < 1.29 is 24.1 Å². The molecule has 0 spiro atoms. The van der Waals surface area contributed by atoms with E-state index in [1.165, 1.54) is 0 Å². The van der Waals surface area contributed by atoms with E-state index in [1.807, 2.05) is 0 Å². The number of carbonyl (C=O) groups is 1. The van der Waals surface area contributed by atoms with Crippen LogP contribution < -0.4 is 14.8 Å². The second kappa shape index (κ2) is 3.54. The van der Waals surface area contributed by atoms with E-state index in [1.54, 1.807) is 6.92 Å². The summed E-state index contributed by atoms with van der Waals surface area (Å²) in [5.74, 6) is 1.19. The molecule has 6 nitrogen and oxygen atoms in total. The minimum Gasteiger partial charge on any atom is -0.507 e. The van der Waals surface area contributed by atoms with Crippen molar-refractivity contribution in [2.45, 2.75) is 25.4 Å². The summed E-state index contributed by atoms with van der Waals surface area (Å²) >= 11 is 0. The van der Waals surface area contributed by atoms with Gasteiger partial charge in [-0.2, -0.15) is 0 Å². The van der Waals surface area contributed by atoms with Crippen LogP contribution in [0.5, 0.6) is 17.2 Å². The Bertz CT molecular complexity index is 597. The van der Waals surface area contributed by atoms with E-state index in [9.17, 15) is 9.90 Å². The van der Waals surface area contributed by atoms with Crippen molar-refractivity contribution in [1.29, 1.82) is 0 Å². The molecule has 1 aromatic rings. The van der Waals surface area contributed by atoms with E-state index in [4.69, 9.17) is 14.2 Å². The molecule has 1 aromatic carbocycles. The second-order valence-corrected chi connectivity index (χ2v) is 5.04. The summed E-state index contributed by atoms with van der Waals surface area (Å²) in [5.41, 5.74) is 2.30. The molecular weight excluding hydrogens is 250 g/mol. The number of phenolic OH excluding ortho intramolecular Hbond substituents is 1. The van der Waals surface area contributed by atoms with Crippen LogP contribution in [0.1, 0.15) is 22.7 Å². The van der Waals surface area contributed by atoms with E-state index >= 15 is 0 Å². The molecule has 2 N–H and O–H groups in total. The van der Waals surface area contributed by atoms with E-state index < -0.39 is 6.04 Å². The van der Waals surface area contributed by atoms with E-state index in [0.717, 1.165) is 11.1 Å². The monoisotopic (exact) mass is 263 g/mol. The first-order valence-corrected chi connectivity index (χ1v) is 6.23. The molecule has 3 aliphatic heterocycles. The zero-order chi connectivity index (χ0) is 13.1. The molecule has 3 heterocycles. The van der Waals surface area contributed by atoms with Gasteiger partial charge in [0, 0.05) is 23.1 Å². The summed E-state index contributed by atoms with van der Waals surface area (Å²) in [6.07, 6.45) is 0.411. The lowest BCUT2D eigenvalue weighted by molar-refractivity contribution is -0.152. The van der Waals surface area contributed by atoms with E-state index in [0.29, 0.717) is 23.5 Å². The summed E-state index contributed by atoms with van der Waals surface area (Å²) in [6, 6.07) is -0.537. The molecule has 0 amide bonds. The molecule has 3 aliphatic rings. The highest BCUT2D eigenvalue weighted by Gasteiger charge is 2.42. The van der Waals surface area contributed by atoms with Crippen molar-refractivity contribution in [3.8, 4) is 17.2 Å². The Morgan fingerprint density at radius 1 is 1.21 bits per heavy atom. The summed E-state index contributed by atoms with van der Waals surface area (Å²) in [5, 5.41) is 13.5. The number of benzene rings is 1. The maximum absolute atomic E-state index is 11.6. The first-order valence-electron chi connectivity index (χ1n) is 6.23. The van der Waals surface area contributed by atoms with Crippen LogP contribution in [-0.2, 0) is 16.0 Å². The van der Waals surface area contributed by atoms with E-state index in [2.05, 4.69) is 5.32 Å². The van der Waals surface area contributed by atoms with Gasteiger partial charge in [0.25, 0.3) is 0 Å². The maximum Gasteiger partial charge on any atom is 0.323 e. The Balaban J connectivity index is 1.96. The van der Waals surface area contributed by atoms with Gasteiger partial charge in [-0.15, -0.1) is 0 Å². The molecule has 2 atom stereocenters. The first-order chi connectivity index (χ1) is 9.16. The smallest absolute Gasteiger partial charge is 0.323 e. The third-order valence-corrected chi connectivity index (χ3v) is 4.00. The van der Waals surface area contributed by atoms with Gasteiger partial charge in [0.05, 0.1) is 6.04 Å². The average molecular weight is 263 g/mol. The van der Waals surface area contributed by atoms with Crippen LogP contribution in [0.3, 0.4) is 0 Å². The number of morpholine rings is 1. The largest absolute Gasteiger partial charge is 0.507 e. The van der Waals surface area contributed by atoms with E-state index in [-0.39, 0.29) is 31.2 Å². The molecule has 6 heteroatoms. The van der Waals surface area contributed by atoms with Crippen molar-refractivity contribution in [3.05, 3.63) is 16.7 Å². The Hall–Kier alpha value is -1.95. The number of nitrogens with one attached hydrogen (secondary N) is 1. The molecular formula is C13H13NO5. The normalized spacial score (nSPS) is 26.9. The number of hydrogen-bond donors (Lipinski definition) is 2. The van der Waals surface area contributed by atoms with Crippen LogP contribution in [0.25, 0.3) is 0 Å². The zero-order valence-electron chi connectivity index (χ0n) is 10.4. The van der Waals surface area contributed by atoms with Crippen molar-refractivity contribution in [3.63, 3.8) is 0 Å². The second-order valence-electron chi connectivity index (χ2n) is 5.04. The Morgan fingerprint density at radius 3 is 2.84 bits per heavy atom. The molecule has 1 saturated heterocycles. The summed E-state index contributed by atoms with van der Waals surface area (Å²) < 4.78 is 16.1. The number of ether oxygens (including phenoxy) is 3. The number of cyclic esters (lactones) is 1. The number of hydrogen-bond acceptors (Lipinski definition) is 6. The van der Waals surface area contributed by atoms with Gasteiger partial charge in [-0.25, -0.2) is 0 Å². The summed E-state index contributed by atoms with van der Waals surface area (Å²) in [6.45, 7) is 2.20. The van der Waals surface area contributed by atoms with Crippen LogP contribution in [0.2, 0.25) is 0 Å². The third-order valence-electron chi connectivity index (χ3n) is 4.00. The molecule has 19 heavy (non-hydrogen) atoms. The lowest BCUT2D eigenvalue weighted by Crippen LogP contribution is -2.51. The molecule has 100 valence electrons. The zero-order valence-corrected chi connectivity index (χ0v) is 10.4. The predicted molar refractivity (Wildman–Crippen MR) is 63.3 cm³/mol. The molecule has 4 rings (SSSR count). The third kappa shape index (κ3) is 1.32. The number of aromatic hydroxyl groups is 1. The topological polar surface area (TPSA) is 77.0 Å². The van der Waals surface area contributed by atoms with Crippen LogP contribution in [0, 0.1) is 6.92 Å². The Kier molecular flexibility index (Phi) is 2.04. The van der Waals surface area contributed by atoms with Gasteiger partial charge in [-0.05, 0) is 6.92 Å². The molecule has 2 bridgehead atoms. The number of fused-ring (bicyclic) bond motifs is 6. The lowest BCUT2D eigenvalue weighted by Gasteiger charge is -2.37. The summed E-state index contributed by atoms with van der Waals surface area (Å²) in [7, 11) is 0. The minimum atomic E-state index is -0.392. The summed E-state index contributed by atoms with van der Waals surface area (Å²) in [4.78, 5) is 11.6. The molecule has 1 fully saturated rings. The predicted octanol–water partition coefficient (Wildman–Crippen LogP) is 0.542. The lowest BCUT2D eigenvalue weighted by atomic mass is 9.86. The highest BCUT2D eigenvalue weighted by molar-refractivity contribution is 5.79. The fraction of sp³-hybridized carbons (Fsp3) is 0.462. The van der Waals surface area contributed by atoms with Crippen LogP contribution in [0.15, 0.2) is 0 Å². The van der Waals surface area contributed by atoms with Crippen LogP contribution in [0.4, 0.5) is 0 Å². The van der Waals surface area contributed by atoms with Gasteiger partial charge in [0.15, 0.2) is 11.5 Å². The first kappa shape index (κ1) is 10.9. The average Bonchev–Trinajstić information content (AvgIpc) is 2.89. The highest BCUT2D eigenvalue weighted by Crippen LogP contribution is 2.50. The molecule has 0 unspecified atom stereocenters. The van der Waals surface area contributed by atoms with Crippen molar-refractivity contribution >= 4 is 5.97 Å². The van der Waals surface area contributed by atoms with Crippen molar-refractivity contribution in [1.82, 2.24) is 5.32 Å². The fourth-order valence-corrected chi connectivity index (χ4v) is 3.07. The molecule has 0 saturated carbocycles. The molecule has 0 aromatic heterocycles. The fourth-order valence-electron chi connectivity index (χ4n) is 3.07. The highest BCUT2D eigenvalue weighted by atomic mass is 16.7. The minimum absolute atomic E-state index is 0.145. The van der Waals surface area contributed by atoms with Gasteiger partial charge >= 0.3 is 5.97 Å². The van der Waals surface area contributed by atoms with Gasteiger partial charge in [-0.1, -0.05) is 0 Å². The van der Waals surface area contributed by atoms with Gasteiger partial charge in [0.1, 0.15) is 18.4 Å². The standard InChI is InChI=1S/C13H13NO5/c1-5-10(15)6-2-7-13(16)17-3-8(14-7)9(6)12-11(5)18-4-19-12/h7-8,14-15H,2-4H2,1H3/t7-,8+/m0/s1. The van der Waals surface area contributed by atoms with Crippen molar-refractivity contribution in [2.24, 2.45) is 0 Å². The van der Waals surface area contributed by atoms with Crippen molar-refractivity contribution in [2.75, 3.05) is 13.4 Å². The Morgan fingerprint density at radius 2 is 2.00 bits per heavy atom. The van der Waals surface area contributed by atoms with Crippen LogP contribution in [-0.4, -0.2) is 30.5 Å². The Labute approximate surface area is 109 Å². The van der Waals surface area contributed by atoms with Gasteiger partial charge in [0.2, 0.25) is 6.79 Å². The molecule has 0 aliphatic carbocycles. The quantitative estimate of drug-likeness (QED) is 0.665. The SMILES string of the molecule is Cc1c(O)c2c(c3c1OCO3)[C@H]1COC(=O)[C@H](C2)N1. The number of phenols is 1. The number of rotatable bonds is 0. The van der Waals surface area contributed by atoms with Gasteiger partial charge < -0.3 is 19.3 Å². The maximum atomic E-state index is 11.6. The van der Waals surface area contributed by atoms with Gasteiger partial charge in [-0.3, -0.25) is 10.1 Å². The number of esters is 1.